The van der Waals surface area contributed by atoms with Crippen LogP contribution in [0.3, 0.4) is 0 Å². The molecule has 0 spiro atoms. The van der Waals surface area contributed by atoms with E-state index in [0.29, 0.717) is 25.9 Å². The second-order valence-corrected chi connectivity index (χ2v) is 7.61. The van der Waals surface area contributed by atoms with Crippen LogP contribution in [-0.4, -0.2) is 29.3 Å². The van der Waals surface area contributed by atoms with E-state index in [1.54, 1.807) is 4.90 Å². The van der Waals surface area contributed by atoms with E-state index in [1.165, 1.54) is 5.56 Å². The maximum absolute atomic E-state index is 13.1. The summed E-state index contributed by atoms with van der Waals surface area (Å²) in [5.41, 5.74) is 3.28. The van der Waals surface area contributed by atoms with Crippen molar-refractivity contribution in [3.05, 3.63) is 71.3 Å². The summed E-state index contributed by atoms with van der Waals surface area (Å²) in [5, 5.41) is 3.04. The predicted molar refractivity (Wildman–Crippen MR) is 118 cm³/mol. The molecule has 0 aliphatic rings. The average Bonchev–Trinajstić information content (AvgIpc) is 2.73. The maximum atomic E-state index is 13.1. The number of nitrogens with zero attached hydrogens (tertiary/aromatic N) is 1. The fourth-order valence-electron chi connectivity index (χ4n) is 3.31. The Kier molecular flexibility index (Phi) is 9.42. The normalized spacial score (nSPS) is 11.7. The molecule has 4 heteroatoms. The Labute approximate surface area is 175 Å². The molecule has 0 saturated heterocycles. The lowest BCUT2D eigenvalue weighted by molar-refractivity contribution is -0.141. The molecule has 0 aliphatic heterocycles. The molecule has 0 saturated carbocycles. The van der Waals surface area contributed by atoms with Gasteiger partial charge in [-0.15, -0.1) is 0 Å². The fraction of sp³-hybridized carbons (Fsp3) is 0.440. The van der Waals surface area contributed by atoms with Crippen LogP contribution in [0.5, 0.6) is 0 Å². The van der Waals surface area contributed by atoms with Crippen LogP contribution < -0.4 is 5.32 Å². The SMILES string of the molecule is CCCCNC(=O)[C@@H](Cc1ccccc1)N(Cc1ccc(C)cc1)C(=O)CCC. The van der Waals surface area contributed by atoms with Gasteiger partial charge in [-0.25, -0.2) is 0 Å². The molecule has 0 aromatic heterocycles. The molecule has 29 heavy (non-hydrogen) atoms. The van der Waals surface area contributed by atoms with E-state index in [0.717, 1.165) is 30.4 Å². The number of aryl methyl sites for hydroxylation is 1. The van der Waals surface area contributed by atoms with Crippen molar-refractivity contribution >= 4 is 11.8 Å². The lowest BCUT2D eigenvalue weighted by Crippen LogP contribution is -2.50. The van der Waals surface area contributed by atoms with Gasteiger partial charge in [-0.3, -0.25) is 9.59 Å². The highest BCUT2D eigenvalue weighted by Gasteiger charge is 2.29. The molecule has 0 heterocycles. The summed E-state index contributed by atoms with van der Waals surface area (Å²) in [6.45, 7) is 7.22. The molecule has 1 N–H and O–H groups in total. The molecular formula is C25H34N2O2. The van der Waals surface area contributed by atoms with Gasteiger partial charge in [0.2, 0.25) is 11.8 Å². The number of carbonyl (C=O) groups excluding carboxylic acids is 2. The van der Waals surface area contributed by atoms with Crippen LogP contribution in [0.2, 0.25) is 0 Å². The van der Waals surface area contributed by atoms with E-state index in [4.69, 9.17) is 0 Å². The Balaban J connectivity index is 2.30. The van der Waals surface area contributed by atoms with E-state index >= 15 is 0 Å². The fourth-order valence-corrected chi connectivity index (χ4v) is 3.31. The number of benzene rings is 2. The van der Waals surface area contributed by atoms with Crippen LogP contribution in [0.4, 0.5) is 0 Å². The average molecular weight is 395 g/mol. The molecule has 2 amide bonds. The third-order valence-corrected chi connectivity index (χ3v) is 5.04. The second-order valence-electron chi connectivity index (χ2n) is 7.61. The van der Waals surface area contributed by atoms with Crippen LogP contribution in [-0.2, 0) is 22.6 Å². The lowest BCUT2D eigenvalue weighted by atomic mass is 10.0. The summed E-state index contributed by atoms with van der Waals surface area (Å²) in [5.74, 6) is -0.0430. The Hall–Kier alpha value is -2.62. The molecular weight excluding hydrogens is 360 g/mol. The molecule has 1 atom stereocenters. The van der Waals surface area contributed by atoms with Gasteiger partial charge in [0.1, 0.15) is 6.04 Å². The highest BCUT2D eigenvalue weighted by atomic mass is 16.2. The highest BCUT2D eigenvalue weighted by molar-refractivity contribution is 5.88. The van der Waals surface area contributed by atoms with E-state index in [-0.39, 0.29) is 11.8 Å². The summed E-state index contributed by atoms with van der Waals surface area (Å²) in [6, 6.07) is 17.6. The van der Waals surface area contributed by atoms with Crippen molar-refractivity contribution in [2.45, 2.75) is 65.5 Å². The zero-order chi connectivity index (χ0) is 21.1. The number of unbranched alkanes of at least 4 members (excludes halogenated alkanes) is 1. The molecule has 0 radical (unpaired) electrons. The standard InChI is InChI=1S/C25H34N2O2/c1-4-6-17-26-25(29)23(18-21-11-8-7-9-12-21)27(24(28)10-5-2)19-22-15-13-20(3)14-16-22/h7-9,11-16,23H,4-6,10,17-19H2,1-3H3,(H,26,29)/t23-/m1/s1. The van der Waals surface area contributed by atoms with E-state index in [1.807, 2.05) is 68.4 Å². The first-order chi connectivity index (χ1) is 14.0. The molecule has 0 aliphatic carbocycles. The van der Waals surface area contributed by atoms with E-state index < -0.39 is 6.04 Å². The van der Waals surface area contributed by atoms with Gasteiger partial charge in [0.05, 0.1) is 0 Å². The minimum atomic E-state index is -0.519. The van der Waals surface area contributed by atoms with Gasteiger partial charge in [-0.2, -0.15) is 0 Å². The molecule has 0 unspecified atom stereocenters. The molecule has 2 aromatic carbocycles. The van der Waals surface area contributed by atoms with Crippen molar-refractivity contribution in [2.75, 3.05) is 6.54 Å². The van der Waals surface area contributed by atoms with Gasteiger partial charge >= 0.3 is 0 Å². The predicted octanol–water partition coefficient (Wildman–Crippen LogP) is 4.65. The van der Waals surface area contributed by atoms with Gasteiger partial charge in [-0.05, 0) is 30.9 Å². The van der Waals surface area contributed by atoms with Crippen molar-refractivity contribution in [3.8, 4) is 0 Å². The minimum absolute atomic E-state index is 0.0275. The van der Waals surface area contributed by atoms with E-state index in [9.17, 15) is 9.59 Å². The number of hydrogen-bond acceptors (Lipinski definition) is 2. The smallest absolute Gasteiger partial charge is 0.243 e. The summed E-state index contributed by atoms with van der Waals surface area (Å²) < 4.78 is 0. The van der Waals surface area contributed by atoms with Crippen molar-refractivity contribution in [2.24, 2.45) is 0 Å². The Morgan fingerprint density at radius 1 is 0.931 bits per heavy atom. The number of rotatable bonds is 11. The van der Waals surface area contributed by atoms with Gasteiger partial charge in [-0.1, -0.05) is 80.4 Å². The number of nitrogens with one attached hydrogen (secondary N) is 1. The van der Waals surface area contributed by atoms with Gasteiger partial charge < -0.3 is 10.2 Å². The largest absolute Gasteiger partial charge is 0.354 e. The van der Waals surface area contributed by atoms with Gasteiger partial charge in [0.15, 0.2) is 0 Å². The molecule has 2 aromatic rings. The molecule has 2 rings (SSSR count). The topological polar surface area (TPSA) is 49.4 Å². The molecule has 4 nitrogen and oxygen atoms in total. The van der Waals surface area contributed by atoms with Crippen LogP contribution in [0.25, 0.3) is 0 Å². The summed E-state index contributed by atoms with van der Waals surface area (Å²) in [7, 11) is 0. The van der Waals surface area contributed by atoms with Crippen molar-refractivity contribution < 1.29 is 9.59 Å². The maximum Gasteiger partial charge on any atom is 0.243 e. The zero-order valence-electron chi connectivity index (χ0n) is 18.0. The first kappa shape index (κ1) is 22.7. The monoisotopic (exact) mass is 394 g/mol. The van der Waals surface area contributed by atoms with Crippen LogP contribution in [0.15, 0.2) is 54.6 Å². The first-order valence-corrected chi connectivity index (χ1v) is 10.7. The lowest BCUT2D eigenvalue weighted by Gasteiger charge is -2.31. The molecule has 0 fully saturated rings. The van der Waals surface area contributed by atoms with Gasteiger partial charge in [0.25, 0.3) is 0 Å². The Bertz CT molecular complexity index is 756. The third-order valence-electron chi connectivity index (χ3n) is 5.04. The second kappa shape index (κ2) is 12.1. The van der Waals surface area contributed by atoms with E-state index in [2.05, 4.69) is 12.2 Å². The number of carbonyl (C=O) groups is 2. The summed E-state index contributed by atoms with van der Waals surface area (Å²) in [6.07, 6.45) is 3.67. The number of hydrogen-bond donors (Lipinski definition) is 1. The van der Waals surface area contributed by atoms with Crippen LogP contribution in [0, 0.1) is 6.92 Å². The van der Waals surface area contributed by atoms with Crippen molar-refractivity contribution in [1.29, 1.82) is 0 Å². The minimum Gasteiger partial charge on any atom is -0.354 e. The van der Waals surface area contributed by atoms with Crippen LogP contribution >= 0.6 is 0 Å². The summed E-state index contributed by atoms with van der Waals surface area (Å²) in [4.78, 5) is 27.9. The Morgan fingerprint density at radius 2 is 1.62 bits per heavy atom. The molecule has 0 bridgehead atoms. The van der Waals surface area contributed by atoms with Crippen LogP contribution in [0.1, 0.15) is 56.2 Å². The Morgan fingerprint density at radius 3 is 2.24 bits per heavy atom. The first-order valence-electron chi connectivity index (χ1n) is 10.7. The quantitative estimate of drug-likeness (QED) is 0.564. The molecule has 156 valence electrons. The summed E-state index contributed by atoms with van der Waals surface area (Å²) >= 11 is 0. The van der Waals surface area contributed by atoms with Crippen molar-refractivity contribution in [1.82, 2.24) is 10.2 Å². The zero-order valence-corrected chi connectivity index (χ0v) is 18.0. The van der Waals surface area contributed by atoms with Gasteiger partial charge in [0, 0.05) is 25.9 Å². The third kappa shape index (κ3) is 7.37. The highest BCUT2D eigenvalue weighted by Crippen LogP contribution is 2.17. The van der Waals surface area contributed by atoms with Crippen molar-refractivity contribution in [3.63, 3.8) is 0 Å². The number of amides is 2.